The van der Waals surface area contributed by atoms with Crippen molar-refractivity contribution in [2.75, 3.05) is 20.4 Å². The molecule has 1 N–H and O–H groups in total. The predicted octanol–water partition coefficient (Wildman–Crippen LogP) is 3.28. The van der Waals surface area contributed by atoms with E-state index in [2.05, 4.69) is 23.2 Å². The molecule has 2 aromatic carbocycles. The number of fused-ring (bicyclic) bond motifs is 5. The van der Waals surface area contributed by atoms with E-state index in [0.29, 0.717) is 0 Å². The second-order valence-corrected chi connectivity index (χ2v) is 7.51. The summed E-state index contributed by atoms with van der Waals surface area (Å²) in [5.41, 5.74) is 4.59. The van der Waals surface area contributed by atoms with Crippen LogP contribution in [0, 0.1) is 0 Å². The summed E-state index contributed by atoms with van der Waals surface area (Å²) >= 11 is 0. The molecule has 3 aliphatic rings. The van der Waals surface area contributed by atoms with Crippen LogP contribution in [-0.4, -0.2) is 47.2 Å². The molecule has 3 aromatic rings. The minimum Gasteiger partial charge on any atom is -0.454 e. The standard InChI is InChI=1S/C21H19N3O3/c1-23-10-13-9-15-14-4-2-3-5-16(14)22-19(15)20(24(13)21(23)25)12-6-7-17-18(8-12)27-11-26-17/h2-8,13,20,22H,9-11H2,1H3/t13-,20-/m1/s1. The van der Waals surface area contributed by atoms with E-state index in [9.17, 15) is 4.79 Å². The quantitative estimate of drug-likeness (QED) is 0.724. The van der Waals surface area contributed by atoms with Gasteiger partial charge in [-0.2, -0.15) is 0 Å². The second-order valence-electron chi connectivity index (χ2n) is 7.51. The number of para-hydroxylation sites is 1. The molecule has 3 aliphatic heterocycles. The van der Waals surface area contributed by atoms with Gasteiger partial charge in [-0.3, -0.25) is 0 Å². The Hall–Kier alpha value is -3.15. The third-order valence-corrected chi connectivity index (χ3v) is 5.98. The lowest BCUT2D eigenvalue weighted by atomic mass is 9.89. The number of aromatic nitrogens is 1. The predicted molar refractivity (Wildman–Crippen MR) is 100 cm³/mol. The molecule has 0 radical (unpaired) electrons. The number of H-pyrrole nitrogens is 1. The summed E-state index contributed by atoms with van der Waals surface area (Å²) in [5, 5.41) is 1.25. The Balaban J connectivity index is 1.58. The van der Waals surface area contributed by atoms with Crippen LogP contribution in [-0.2, 0) is 6.42 Å². The fraction of sp³-hybridized carbons (Fsp3) is 0.286. The number of nitrogens with one attached hydrogen (secondary N) is 1. The Morgan fingerprint density at radius 3 is 2.89 bits per heavy atom. The molecule has 6 heteroatoms. The monoisotopic (exact) mass is 361 g/mol. The molecule has 136 valence electrons. The van der Waals surface area contributed by atoms with Gasteiger partial charge in [-0.05, 0) is 35.7 Å². The highest BCUT2D eigenvalue weighted by Crippen LogP contribution is 2.45. The van der Waals surface area contributed by atoms with Crippen LogP contribution in [0.1, 0.15) is 22.9 Å². The van der Waals surface area contributed by atoms with Crippen molar-refractivity contribution in [1.82, 2.24) is 14.8 Å². The summed E-state index contributed by atoms with van der Waals surface area (Å²) in [4.78, 5) is 20.4. The lowest BCUT2D eigenvalue weighted by Gasteiger charge is -2.37. The molecule has 6 rings (SSSR count). The Labute approximate surface area is 156 Å². The van der Waals surface area contributed by atoms with Crippen LogP contribution in [0.25, 0.3) is 10.9 Å². The number of likely N-dealkylation sites (N-methyl/N-ethyl adjacent to an activating group) is 1. The maximum atomic E-state index is 13.0. The molecule has 0 spiro atoms. The second kappa shape index (κ2) is 5.19. The first-order chi connectivity index (χ1) is 13.2. The van der Waals surface area contributed by atoms with Gasteiger partial charge >= 0.3 is 6.03 Å². The van der Waals surface area contributed by atoms with Gasteiger partial charge in [-0.25, -0.2) is 4.79 Å². The number of carbonyl (C=O) groups excluding carboxylic acids is 1. The smallest absolute Gasteiger partial charge is 0.320 e. The van der Waals surface area contributed by atoms with E-state index < -0.39 is 0 Å². The zero-order valence-electron chi connectivity index (χ0n) is 14.9. The van der Waals surface area contributed by atoms with Crippen LogP contribution in [0.4, 0.5) is 4.79 Å². The molecule has 0 saturated carbocycles. The Kier molecular flexibility index (Phi) is 2.88. The number of aromatic amines is 1. The van der Waals surface area contributed by atoms with Gasteiger partial charge in [0, 0.05) is 30.2 Å². The van der Waals surface area contributed by atoms with Gasteiger partial charge < -0.3 is 24.3 Å². The molecule has 27 heavy (non-hydrogen) atoms. The molecule has 0 unspecified atom stereocenters. The summed E-state index contributed by atoms with van der Waals surface area (Å²) in [6.07, 6.45) is 0.872. The van der Waals surface area contributed by atoms with Gasteiger partial charge in [-0.1, -0.05) is 24.3 Å². The highest BCUT2D eigenvalue weighted by Gasteiger charge is 2.46. The fourth-order valence-electron chi connectivity index (χ4n) is 4.78. The lowest BCUT2D eigenvalue weighted by molar-refractivity contribution is 0.170. The number of rotatable bonds is 1. The first-order valence-corrected chi connectivity index (χ1v) is 9.23. The number of benzene rings is 2. The summed E-state index contributed by atoms with van der Waals surface area (Å²) < 4.78 is 11.1. The summed E-state index contributed by atoms with van der Waals surface area (Å²) in [6, 6.07) is 14.5. The van der Waals surface area contributed by atoms with Gasteiger partial charge in [0.05, 0.1) is 12.1 Å². The number of amides is 2. The van der Waals surface area contributed by atoms with Crippen LogP contribution in [0.15, 0.2) is 42.5 Å². The number of nitrogens with zero attached hydrogens (tertiary/aromatic N) is 2. The molecule has 0 bridgehead atoms. The largest absolute Gasteiger partial charge is 0.454 e. The van der Waals surface area contributed by atoms with Gasteiger partial charge in [0.25, 0.3) is 0 Å². The first kappa shape index (κ1) is 15.0. The van der Waals surface area contributed by atoms with E-state index >= 15 is 0 Å². The van der Waals surface area contributed by atoms with Gasteiger partial charge in [0.15, 0.2) is 11.5 Å². The van der Waals surface area contributed by atoms with E-state index in [-0.39, 0.29) is 24.9 Å². The van der Waals surface area contributed by atoms with Crippen LogP contribution >= 0.6 is 0 Å². The van der Waals surface area contributed by atoms with Crippen molar-refractivity contribution in [3.05, 3.63) is 59.3 Å². The SMILES string of the molecule is CN1C[C@H]2Cc3c([nH]c4ccccc34)[C@@H](c3ccc4c(c3)OCO4)N2C1=O. The van der Waals surface area contributed by atoms with Crippen LogP contribution in [0.3, 0.4) is 0 Å². The molecule has 1 fully saturated rings. The topological polar surface area (TPSA) is 57.8 Å². The molecule has 1 aromatic heterocycles. The molecule has 6 nitrogen and oxygen atoms in total. The highest BCUT2D eigenvalue weighted by molar-refractivity contribution is 5.87. The molecule has 2 amide bonds. The van der Waals surface area contributed by atoms with Gasteiger partial charge in [0.1, 0.15) is 0 Å². The third-order valence-electron chi connectivity index (χ3n) is 5.98. The van der Waals surface area contributed by atoms with E-state index in [1.807, 2.05) is 41.1 Å². The molecule has 1 saturated heterocycles. The average Bonchev–Trinajstić information content (AvgIpc) is 3.36. The van der Waals surface area contributed by atoms with Gasteiger partial charge in [0.2, 0.25) is 6.79 Å². The van der Waals surface area contributed by atoms with Crippen molar-refractivity contribution in [3.8, 4) is 11.5 Å². The lowest BCUT2D eigenvalue weighted by Crippen LogP contribution is -2.43. The summed E-state index contributed by atoms with van der Waals surface area (Å²) in [6.45, 7) is 0.994. The molecule has 0 aliphatic carbocycles. The zero-order chi connectivity index (χ0) is 18.1. The van der Waals surface area contributed by atoms with Crippen molar-refractivity contribution in [3.63, 3.8) is 0 Å². The van der Waals surface area contributed by atoms with Crippen molar-refractivity contribution >= 4 is 16.9 Å². The van der Waals surface area contributed by atoms with Crippen molar-refractivity contribution in [1.29, 1.82) is 0 Å². The Morgan fingerprint density at radius 1 is 1.11 bits per heavy atom. The van der Waals surface area contributed by atoms with Crippen LogP contribution in [0.5, 0.6) is 11.5 Å². The van der Waals surface area contributed by atoms with E-state index in [0.717, 1.165) is 41.2 Å². The van der Waals surface area contributed by atoms with Crippen LogP contribution < -0.4 is 9.47 Å². The van der Waals surface area contributed by atoms with E-state index in [4.69, 9.17) is 9.47 Å². The third kappa shape index (κ3) is 1.98. The maximum absolute atomic E-state index is 13.0. The molecule has 4 heterocycles. The number of urea groups is 1. The average molecular weight is 361 g/mol. The van der Waals surface area contributed by atoms with E-state index in [1.54, 1.807) is 0 Å². The van der Waals surface area contributed by atoms with E-state index in [1.165, 1.54) is 10.9 Å². The Bertz CT molecular complexity index is 1090. The fourth-order valence-corrected chi connectivity index (χ4v) is 4.78. The highest BCUT2D eigenvalue weighted by atomic mass is 16.7. The van der Waals surface area contributed by atoms with Crippen LogP contribution in [0.2, 0.25) is 0 Å². The molecular weight excluding hydrogens is 342 g/mol. The number of ether oxygens (including phenoxy) is 2. The first-order valence-electron chi connectivity index (χ1n) is 9.23. The minimum atomic E-state index is -0.155. The maximum Gasteiger partial charge on any atom is 0.320 e. The van der Waals surface area contributed by atoms with Crippen molar-refractivity contribution < 1.29 is 14.3 Å². The molecule has 2 atom stereocenters. The number of hydrogen-bond acceptors (Lipinski definition) is 3. The number of carbonyl (C=O) groups is 1. The summed E-state index contributed by atoms with van der Waals surface area (Å²) in [5.74, 6) is 1.50. The normalized spacial score (nSPS) is 23.1. The summed E-state index contributed by atoms with van der Waals surface area (Å²) in [7, 11) is 1.88. The van der Waals surface area contributed by atoms with Gasteiger partial charge in [-0.15, -0.1) is 0 Å². The number of hydrogen-bond donors (Lipinski definition) is 1. The molecular formula is C21H19N3O3. The van der Waals surface area contributed by atoms with Crippen molar-refractivity contribution in [2.45, 2.75) is 18.5 Å². The Morgan fingerprint density at radius 2 is 1.96 bits per heavy atom. The zero-order valence-corrected chi connectivity index (χ0v) is 14.9. The minimum absolute atomic E-state index is 0.0759. The van der Waals surface area contributed by atoms with Crippen molar-refractivity contribution in [2.24, 2.45) is 0 Å².